The van der Waals surface area contributed by atoms with Crippen molar-refractivity contribution in [3.05, 3.63) is 0 Å². The molecule has 108 valence electrons. The molecular formula is C11H16F3N3O2. The number of piperidine rings is 1. The Labute approximate surface area is 109 Å². The Bertz CT molecular complexity index is 346. The quantitative estimate of drug-likeness (QED) is 0.724. The van der Waals surface area contributed by atoms with Gasteiger partial charge in [-0.15, -0.1) is 0 Å². The lowest BCUT2D eigenvalue weighted by Crippen LogP contribution is -2.46. The van der Waals surface area contributed by atoms with Crippen molar-refractivity contribution >= 4 is 5.91 Å². The van der Waals surface area contributed by atoms with Crippen LogP contribution < -0.4 is 5.32 Å². The molecule has 1 heterocycles. The summed E-state index contributed by atoms with van der Waals surface area (Å²) < 4.78 is 37.0. The zero-order chi connectivity index (χ0) is 14.5. The monoisotopic (exact) mass is 279 g/mol. The number of aliphatic hydroxyl groups is 1. The smallest absolute Gasteiger partial charge is 0.383 e. The molecule has 0 bridgehead atoms. The molecule has 8 heteroatoms. The van der Waals surface area contributed by atoms with Crippen LogP contribution in [-0.4, -0.2) is 54.4 Å². The Morgan fingerprint density at radius 2 is 2.05 bits per heavy atom. The number of carbonyl (C=O) groups excluding carboxylic acids is 1. The van der Waals surface area contributed by atoms with Gasteiger partial charge in [-0.3, -0.25) is 9.69 Å². The van der Waals surface area contributed by atoms with E-state index in [1.807, 2.05) is 0 Å². The Kier molecular flexibility index (Phi) is 5.57. The minimum atomic E-state index is -4.59. The van der Waals surface area contributed by atoms with Gasteiger partial charge < -0.3 is 10.4 Å². The summed E-state index contributed by atoms with van der Waals surface area (Å²) in [5.41, 5.74) is 0. The molecule has 0 saturated carbocycles. The average Bonchev–Trinajstić information content (AvgIpc) is 2.35. The Balaban J connectivity index is 2.33. The van der Waals surface area contributed by atoms with Gasteiger partial charge in [-0.2, -0.15) is 18.4 Å². The van der Waals surface area contributed by atoms with Crippen molar-refractivity contribution in [1.29, 1.82) is 5.26 Å². The van der Waals surface area contributed by atoms with Gasteiger partial charge in [-0.05, 0) is 31.8 Å². The Hall–Kier alpha value is -1.33. The zero-order valence-electron chi connectivity index (χ0n) is 10.3. The van der Waals surface area contributed by atoms with Crippen LogP contribution in [0, 0.1) is 17.2 Å². The maximum absolute atomic E-state index is 12.3. The van der Waals surface area contributed by atoms with Gasteiger partial charge in [0.15, 0.2) is 6.10 Å². The van der Waals surface area contributed by atoms with E-state index in [0.29, 0.717) is 13.1 Å². The molecule has 0 aromatic rings. The molecular weight excluding hydrogens is 263 g/mol. The lowest BCUT2D eigenvalue weighted by atomic mass is 9.91. The largest absolute Gasteiger partial charge is 0.414 e. The van der Waals surface area contributed by atoms with Crippen LogP contribution in [0.3, 0.4) is 0 Å². The molecule has 1 fully saturated rings. The number of aliphatic hydroxyl groups excluding tert-OH is 1. The lowest BCUT2D eigenvalue weighted by Gasteiger charge is -2.34. The van der Waals surface area contributed by atoms with E-state index in [2.05, 4.69) is 5.32 Å². The maximum Gasteiger partial charge on any atom is 0.414 e. The van der Waals surface area contributed by atoms with Gasteiger partial charge >= 0.3 is 6.18 Å². The van der Waals surface area contributed by atoms with Gasteiger partial charge in [0.2, 0.25) is 5.91 Å². The number of halogens is 3. The number of amides is 1. The van der Waals surface area contributed by atoms with Crippen molar-refractivity contribution < 1.29 is 23.1 Å². The maximum atomic E-state index is 12.3. The molecule has 19 heavy (non-hydrogen) atoms. The van der Waals surface area contributed by atoms with E-state index in [1.54, 1.807) is 11.0 Å². The van der Waals surface area contributed by atoms with E-state index < -0.39 is 18.2 Å². The molecule has 1 saturated heterocycles. The molecule has 0 aliphatic carbocycles. The molecule has 0 spiro atoms. The first kappa shape index (κ1) is 15.7. The average molecular weight is 279 g/mol. The highest BCUT2D eigenvalue weighted by Gasteiger charge is 2.44. The third kappa shape index (κ3) is 5.04. The fourth-order valence-corrected chi connectivity index (χ4v) is 2.09. The summed E-state index contributed by atoms with van der Waals surface area (Å²) >= 11 is 0. The topological polar surface area (TPSA) is 76.4 Å². The standard InChI is InChI=1S/C11H16F3N3O2/c12-11(13,14)10(19)8-1-5-17(6-2-8)7-9(18)16-4-3-15/h8,10,19H,1-2,4-7H2,(H,16,18). The second-order valence-corrected chi connectivity index (χ2v) is 4.53. The molecule has 0 aromatic heterocycles. The van der Waals surface area contributed by atoms with E-state index in [9.17, 15) is 18.0 Å². The van der Waals surface area contributed by atoms with Crippen LogP contribution >= 0.6 is 0 Å². The van der Waals surface area contributed by atoms with E-state index in [4.69, 9.17) is 10.4 Å². The minimum Gasteiger partial charge on any atom is -0.383 e. The normalized spacial score (nSPS) is 19.7. The van der Waals surface area contributed by atoms with E-state index in [1.165, 1.54) is 0 Å². The van der Waals surface area contributed by atoms with E-state index in [-0.39, 0.29) is 31.8 Å². The third-order valence-electron chi connectivity index (χ3n) is 3.15. The first-order chi connectivity index (χ1) is 8.84. The number of rotatable bonds is 4. The number of likely N-dealkylation sites (tertiary alicyclic amines) is 1. The van der Waals surface area contributed by atoms with Crippen molar-refractivity contribution in [3.63, 3.8) is 0 Å². The summed E-state index contributed by atoms with van der Waals surface area (Å²) in [7, 11) is 0. The van der Waals surface area contributed by atoms with Crippen LogP contribution in [0.25, 0.3) is 0 Å². The molecule has 5 nitrogen and oxygen atoms in total. The zero-order valence-corrected chi connectivity index (χ0v) is 10.3. The van der Waals surface area contributed by atoms with Gasteiger partial charge in [-0.1, -0.05) is 0 Å². The predicted molar refractivity (Wildman–Crippen MR) is 59.8 cm³/mol. The lowest BCUT2D eigenvalue weighted by molar-refractivity contribution is -0.223. The molecule has 1 amide bonds. The minimum absolute atomic E-state index is 0.0660. The van der Waals surface area contributed by atoms with Crippen LogP contribution in [0.4, 0.5) is 13.2 Å². The Morgan fingerprint density at radius 1 is 1.47 bits per heavy atom. The fraction of sp³-hybridized carbons (Fsp3) is 0.818. The summed E-state index contributed by atoms with van der Waals surface area (Å²) in [6, 6.07) is 1.77. The molecule has 1 rings (SSSR count). The molecule has 1 atom stereocenters. The van der Waals surface area contributed by atoms with Gasteiger partial charge in [0.1, 0.15) is 6.54 Å². The molecule has 1 aliphatic heterocycles. The number of alkyl halides is 3. The summed E-state index contributed by atoms with van der Waals surface area (Å²) in [6.45, 7) is 0.647. The van der Waals surface area contributed by atoms with Crippen LogP contribution in [-0.2, 0) is 4.79 Å². The first-order valence-electron chi connectivity index (χ1n) is 5.95. The van der Waals surface area contributed by atoms with Crippen LogP contribution in [0.1, 0.15) is 12.8 Å². The summed E-state index contributed by atoms with van der Waals surface area (Å²) in [5.74, 6) is -1.13. The number of hydrogen-bond acceptors (Lipinski definition) is 4. The highest BCUT2D eigenvalue weighted by Crippen LogP contribution is 2.31. The number of carbonyl (C=O) groups is 1. The van der Waals surface area contributed by atoms with Crippen molar-refractivity contribution in [2.45, 2.75) is 25.1 Å². The highest BCUT2D eigenvalue weighted by atomic mass is 19.4. The SMILES string of the molecule is N#CCNC(=O)CN1CCC(C(O)C(F)(F)F)CC1. The highest BCUT2D eigenvalue weighted by molar-refractivity contribution is 5.78. The van der Waals surface area contributed by atoms with Crippen molar-refractivity contribution in [1.82, 2.24) is 10.2 Å². The van der Waals surface area contributed by atoms with Gasteiger partial charge in [0.25, 0.3) is 0 Å². The van der Waals surface area contributed by atoms with Crippen molar-refractivity contribution in [3.8, 4) is 6.07 Å². The van der Waals surface area contributed by atoms with Crippen LogP contribution in [0.5, 0.6) is 0 Å². The second kappa shape index (κ2) is 6.73. The number of nitrogens with one attached hydrogen (secondary N) is 1. The molecule has 1 unspecified atom stereocenters. The fourth-order valence-electron chi connectivity index (χ4n) is 2.09. The van der Waals surface area contributed by atoms with Gasteiger partial charge in [-0.25, -0.2) is 0 Å². The third-order valence-corrected chi connectivity index (χ3v) is 3.15. The summed E-state index contributed by atoms with van der Waals surface area (Å²) in [4.78, 5) is 13.0. The van der Waals surface area contributed by atoms with E-state index >= 15 is 0 Å². The predicted octanol–water partition coefficient (Wildman–Crippen LogP) is 0.261. The van der Waals surface area contributed by atoms with Crippen LogP contribution in [0.2, 0.25) is 0 Å². The number of nitriles is 1. The Morgan fingerprint density at radius 3 is 2.53 bits per heavy atom. The number of hydrogen-bond donors (Lipinski definition) is 2. The van der Waals surface area contributed by atoms with Gasteiger partial charge in [0.05, 0.1) is 12.6 Å². The van der Waals surface area contributed by atoms with Crippen LogP contribution in [0.15, 0.2) is 0 Å². The van der Waals surface area contributed by atoms with Gasteiger partial charge in [0, 0.05) is 0 Å². The van der Waals surface area contributed by atoms with E-state index in [0.717, 1.165) is 0 Å². The number of nitrogens with zero attached hydrogens (tertiary/aromatic N) is 2. The molecule has 0 radical (unpaired) electrons. The van der Waals surface area contributed by atoms with Crippen molar-refractivity contribution in [2.24, 2.45) is 5.92 Å². The molecule has 2 N–H and O–H groups in total. The summed E-state index contributed by atoms with van der Waals surface area (Å²) in [5, 5.41) is 19.8. The molecule has 1 aliphatic rings. The summed E-state index contributed by atoms with van der Waals surface area (Å²) in [6.07, 6.45) is -6.47. The molecule has 0 aromatic carbocycles. The second-order valence-electron chi connectivity index (χ2n) is 4.53. The van der Waals surface area contributed by atoms with Crippen molar-refractivity contribution in [2.75, 3.05) is 26.2 Å². The first-order valence-corrected chi connectivity index (χ1v) is 5.95.